The first-order valence-corrected chi connectivity index (χ1v) is 9.93. The van der Waals surface area contributed by atoms with E-state index in [-0.39, 0.29) is 6.10 Å². The van der Waals surface area contributed by atoms with Gasteiger partial charge in [0.2, 0.25) is 0 Å². The molecule has 26 heavy (non-hydrogen) atoms. The fourth-order valence-corrected chi connectivity index (χ4v) is 4.26. The van der Waals surface area contributed by atoms with Crippen LogP contribution in [0.2, 0.25) is 4.34 Å². The first kappa shape index (κ1) is 19.5. The first-order chi connectivity index (χ1) is 12.4. The molecule has 1 aromatic carbocycles. The van der Waals surface area contributed by atoms with Crippen molar-refractivity contribution in [3.63, 3.8) is 0 Å². The van der Waals surface area contributed by atoms with Gasteiger partial charge in [0.05, 0.1) is 9.90 Å². The number of hydrogen-bond acceptors (Lipinski definition) is 3. The van der Waals surface area contributed by atoms with E-state index in [0.29, 0.717) is 10.1 Å². The largest absolute Gasteiger partial charge is 0.485 e. The Hall–Kier alpha value is -1.24. The topological polar surface area (TPSA) is 12.5 Å². The van der Waals surface area contributed by atoms with Crippen molar-refractivity contribution >= 4 is 22.9 Å². The minimum atomic E-state index is -4.34. The maximum atomic E-state index is 12.7. The number of benzene rings is 1. The molecule has 2 aromatic rings. The van der Waals surface area contributed by atoms with Crippen LogP contribution in [-0.4, -0.2) is 24.5 Å². The summed E-state index contributed by atoms with van der Waals surface area (Å²) < 4.78 is 44.9. The normalized spacial score (nSPS) is 17.2. The van der Waals surface area contributed by atoms with Crippen molar-refractivity contribution < 1.29 is 17.9 Å². The molecule has 0 saturated carbocycles. The van der Waals surface area contributed by atoms with Crippen LogP contribution in [0.4, 0.5) is 13.2 Å². The van der Waals surface area contributed by atoms with Crippen LogP contribution in [0.3, 0.4) is 0 Å². The zero-order valence-corrected chi connectivity index (χ0v) is 15.8. The molecule has 1 atom stereocenters. The maximum absolute atomic E-state index is 12.7. The first-order valence-electron chi connectivity index (χ1n) is 8.73. The average molecular weight is 404 g/mol. The summed E-state index contributed by atoms with van der Waals surface area (Å²) in [5.41, 5.74) is -0.672. The third-order valence-corrected chi connectivity index (χ3v) is 5.85. The molecule has 0 spiro atoms. The van der Waals surface area contributed by atoms with Crippen LogP contribution >= 0.6 is 22.9 Å². The predicted molar refractivity (Wildman–Crippen MR) is 99.1 cm³/mol. The van der Waals surface area contributed by atoms with Crippen LogP contribution in [0.25, 0.3) is 0 Å². The zero-order valence-electron chi connectivity index (χ0n) is 14.3. The van der Waals surface area contributed by atoms with Crippen molar-refractivity contribution in [2.75, 3.05) is 19.6 Å². The van der Waals surface area contributed by atoms with Crippen molar-refractivity contribution in [3.05, 3.63) is 51.2 Å². The highest BCUT2D eigenvalue weighted by Crippen LogP contribution is 2.34. The summed E-state index contributed by atoms with van der Waals surface area (Å²) in [7, 11) is 0. The van der Waals surface area contributed by atoms with Crippen molar-refractivity contribution in [1.29, 1.82) is 0 Å². The molecule has 7 heteroatoms. The van der Waals surface area contributed by atoms with E-state index in [1.165, 1.54) is 42.7 Å². The molecule has 0 aliphatic carbocycles. The molecule has 2 heterocycles. The fourth-order valence-electron chi connectivity index (χ4n) is 3.13. The van der Waals surface area contributed by atoms with Crippen LogP contribution in [0.1, 0.15) is 42.2 Å². The second-order valence-electron chi connectivity index (χ2n) is 6.46. The van der Waals surface area contributed by atoms with Gasteiger partial charge >= 0.3 is 6.18 Å². The predicted octanol–water partition coefficient (Wildman–Crippen LogP) is 6.42. The number of alkyl halides is 3. The molecular weight excluding hydrogens is 383 g/mol. The van der Waals surface area contributed by atoms with Crippen molar-refractivity contribution in [2.24, 2.45) is 0 Å². The monoisotopic (exact) mass is 403 g/mol. The molecule has 2 nitrogen and oxygen atoms in total. The van der Waals surface area contributed by atoms with Gasteiger partial charge in [-0.2, -0.15) is 13.2 Å². The second kappa shape index (κ2) is 8.63. The summed E-state index contributed by atoms with van der Waals surface area (Å²) in [5, 5.41) is 0. The number of ether oxygens (including phenoxy) is 1. The van der Waals surface area contributed by atoms with Crippen LogP contribution in [0.5, 0.6) is 5.75 Å². The van der Waals surface area contributed by atoms with E-state index in [0.717, 1.165) is 43.1 Å². The summed E-state index contributed by atoms with van der Waals surface area (Å²) in [5.74, 6) is 0.436. The molecule has 1 unspecified atom stereocenters. The Kier molecular flexibility index (Phi) is 6.48. The molecule has 3 rings (SSSR count). The van der Waals surface area contributed by atoms with Gasteiger partial charge in [-0.25, -0.2) is 0 Å². The van der Waals surface area contributed by atoms with Gasteiger partial charge < -0.3 is 9.64 Å². The fraction of sp³-hybridized carbons (Fsp3) is 0.474. The van der Waals surface area contributed by atoms with Crippen LogP contribution < -0.4 is 4.74 Å². The third-order valence-electron chi connectivity index (χ3n) is 4.53. The zero-order chi connectivity index (χ0) is 18.6. The molecule has 1 fully saturated rings. The van der Waals surface area contributed by atoms with Gasteiger partial charge in [-0.15, -0.1) is 11.3 Å². The van der Waals surface area contributed by atoms with Crippen molar-refractivity contribution in [2.45, 2.75) is 38.0 Å². The quantitative estimate of drug-likeness (QED) is 0.552. The average Bonchev–Trinajstić information content (AvgIpc) is 3.05. The van der Waals surface area contributed by atoms with Crippen molar-refractivity contribution in [1.82, 2.24) is 4.90 Å². The van der Waals surface area contributed by atoms with Gasteiger partial charge in [-0.1, -0.05) is 18.0 Å². The summed E-state index contributed by atoms with van der Waals surface area (Å²) in [6, 6.07) is 8.62. The number of halogens is 4. The van der Waals surface area contributed by atoms with Crippen LogP contribution in [-0.2, 0) is 6.18 Å². The van der Waals surface area contributed by atoms with E-state index in [9.17, 15) is 13.2 Å². The lowest BCUT2D eigenvalue weighted by Gasteiger charge is -2.28. The Labute approximate surface area is 160 Å². The SMILES string of the molecule is FC(F)(F)c1ccc(OC(CCN2CCCCC2)c2ccc(Cl)s2)cc1. The number of piperidine rings is 1. The summed E-state index contributed by atoms with van der Waals surface area (Å²) in [6.45, 7) is 3.09. The van der Waals surface area contributed by atoms with E-state index < -0.39 is 11.7 Å². The smallest absolute Gasteiger partial charge is 0.416 e. The molecule has 0 amide bonds. The Balaban J connectivity index is 1.68. The number of likely N-dealkylation sites (tertiary alicyclic amines) is 1. The van der Waals surface area contributed by atoms with E-state index in [1.54, 1.807) is 0 Å². The highest BCUT2D eigenvalue weighted by molar-refractivity contribution is 7.16. The van der Waals surface area contributed by atoms with E-state index in [1.807, 2.05) is 12.1 Å². The van der Waals surface area contributed by atoms with Gasteiger partial charge in [0.15, 0.2) is 0 Å². The van der Waals surface area contributed by atoms with Crippen LogP contribution in [0, 0.1) is 0 Å². The molecule has 1 aromatic heterocycles. The Morgan fingerprint density at radius 1 is 1.04 bits per heavy atom. The summed E-state index contributed by atoms with van der Waals surface area (Å²) in [4.78, 5) is 3.41. The van der Waals surface area contributed by atoms with Gasteiger partial charge in [-0.05, 0) is 62.3 Å². The Bertz CT molecular complexity index is 696. The highest BCUT2D eigenvalue weighted by atomic mass is 35.5. The molecule has 0 radical (unpaired) electrons. The maximum Gasteiger partial charge on any atom is 0.416 e. The number of nitrogens with zero attached hydrogens (tertiary/aromatic N) is 1. The standard InChI is InChI=1S/C19H21ClF3NOS/c20-18-9-8-17(26-18)16(10-13-24-11-2-1-3-12-24)25-15-6-4-14(5-7-15)19(21,22)23/h4-9,16H,1-3,10-13H2. The van der Waals surface area contributed by atoms with E-state index >= 15 is 0 Å². The van der Waals surface area contributed by atoms with Gasteiger partial charge in [-0.3, -0.25) is 0 Å². The lowest BCUT2D eigenvalue weighted by Crippen LogP contribution is -2.31. The van der Waals surface area contributed by atoms with E-state index in [4.69, 9.17) is 16.3 Å². The van der Waals surface area contributed by atoms with Gasteiger partial charge in [0.25, 0.3) is 0 Å². The number of hydrogen-bond donors (Lipinski definition) is 0. The Morgan fingerprint density at radius 3 is 2.31 bits per heavy atom. The van der Waals surface area contributed by atoms with Crippen molar-refractivity contribution in [3.8, 4) is 5.75 Å². The molecule has 1 saturated heterocycles. The highest BCUT2D eigenvalue weighted by Gasteiger charge is 2.30. The molecular formula is C19H21ClF3NOS. The molecule has 0 bridgehead atoms. The summed E-state index contributed by atoms with van der Waals surface area (Å²) >= 11 is 7.51. The second-order valence-corrected chi connectivity index (χ2v) is 8.21. The van der Waals surface area contributed by atoms with Gasteiger partial charge in [0, 0.05) is 17.8 Å². The minimum Gasteiger partial charge on any atom is -0.485 e. The minimum absolute atomic E-state index is 0.217. The third kappa shape index (κ3) is 5.38. The van der Waals surface area contributed by atoms with Gasteiger partial charge in [0.1, 0.15) is 11.9 Å². The lowest BCUT2D eigenvalue weighted by molar-refractivity contribution is -0.137. The Morgan fingerprint density at radius 2 is 1.73 bits per heavy atom. The number of thiophene rings is 1. The summed E-state index contributed by atoms with van der Waals surface area (Å²) in [6.07, 6.45) is -0.0654. The lowest BCUT2D eigenvalue weighted by atomic mass is 10.1. The molecule has 1 aliphatic heterocycles. The number of rotatable bonds is 6. The molecule has 1 aliphatic rings. The molecule has 142 valence electrons. The van der Waals surface area contributed by atoms with Crippen LogP contribution in [0.15, 0.2) is 36.4 Å². The molecule has 0 N–H and O–H groups in total. The van der Waals surface area contributed by atoms with E-state index in [2.05, 4.69) is 4.90 Å².